The minimum Gasteiger partial charge on any atom is -0.710 e. The standard InChI is InChI=1S/C24H17N3O4/c28-26-20(14-15-25-24(26)19-7-5-8-21(17-19)27(29)30)13-12-18-6-4-11-23(16-18)31-22-9-2-1-3-10-22/h1-17H/b13-12+. The molecular weight excluding hydrogens is 394 g/mol. The summed E-state index contributed by atoms with van der Waals surface area (Å²) in [5.74, 6) is 1.50. The molecule has 0 N–H and O–H groups in total. The van der Waals surface area contributed by atoms with Crippen LogP contribution < -0.4 is 9.47 Å². The highest BCUT2D eigenvalue weighted by molar-refractivity contribution is 5.68. The first-order valence-corrected chi connectivity index (χ1v) is 9.44. The fourth-order valence-electron chi connectivity index (χ4n) is 2.99. The molecule has 4 rings (SSSR count). The van der Waals surface area contributed by atoms with Gasteiger partial charge in [0.1, 0.15) is 23.4 Å². The van der Waals surface area contributed by atoms with Gasteiger partial charge in [0.2, 0.25) is 0 Å². The van der Waals surface area contributed by atoms with E-state index in [2.05, 4.69) is 4.98 Å². The molecule has 0 fully saturated rings. The zero-order chi connectivity index (χ0) is 21.6. The Kier molecular flexibility index (Phi) is 5.66. The molecule has 0 aliphatic carbocycles. The third-order valence-corrected chi connectivity index (χ3v) is 4.47. The predicted molar refractivity (Wildman–Crippen MR) is 117 cm³/mol. The lowest BCUT2D eigenvalue weighted by Crippen LogP contribution is -2.33. The number of aromatic nitrogens is 2. The summed E-state index contributed by atoms with van der Waals surface area (Å²) in [4.78, 5) is 14.6. The SMILES string of the molecule is O=[N+]([O-])c1cccc(-c2nccc(/C=C/c3cccc(Oc4ccccc4)c3)[n+]2[O-])c1. The first-order valence-electron chi connectivity index (χ1n) is 9.44. The number of para-hydroxylation sites is 1. The van der Waals surface area contributed by atoms with Gasteiger partial charge in [-0.05, 0) is 47.0 Å². The Hall–Kier alpha value is -4.52. The van der Waals surface area contributed by atoms with Crippen molar-refractivity contribution in [1.82, 2.24) is 4.98 Å². The van der Waals surface area contributed by atoms with Gasteiger partial charge in [-0.3, -0.25) is 10.1 Å². The van der Waals surface area contributed by atoms with E-state index in [1.807, 2.05) is 54.6 Å². The summed E-state index contributed by atoms with van der Waals surface area (Å²) in [6.45, 7) is 0. The van der Waals surface area contributed by atoms with E-state index >= 15 is 0 Å². The second-order valence-electron chi connectivity index (χ2n) is 6.62. The number of benzene rings is 3. The van der Waals surface area contributed by atoms with Crippen molar-refractivity contribution in [2.45, 2.75) is 0 Å². The minimum atomic E-state index is -0.507. The lowest BCUT2D eigenvalue weighted by atomic mass is 10.1. The topological polar surface area (TPSA) is 92.2 Å². The van der Waals surface area contributed by atoms with Crippen LogP contribution in [0.25, 0.3) is 23.5 Å². The van der Waals surface area contributed by atoms with Gasteiger partial charge in [0.05, 0.1) is 10.5 Å². The Bertz CT molecular complexity index is 1260. The van der Waals surface area contributed by atoms with Crippen LogP contribution in [0.2, 0.25) is 0 Å². The van der Waals surface area contributed by atoms with Gasteiger partial charge in [-0.25, -0.2) is 4.73 Å². The first kappa shape index (κ1) is 19.8. The number of nitro groups is 1. The molecule has 0 aliphatic rings. The van der Waals surface area contributed by atoms with Crippen molar-refractivity contribution >= 4 is 17.8 Å². The number of hydrogen-bond acceptors (Lipinski definition) is 5. The Morgan fingerprint density at radius 1 is 0.871 bits per heavy atom. The van der Waals surface area contributed by atoms with Gasteiger partial charge in [0.15, 0.2) is 0 Å². The van der Waals surface area contributed by atoms with Crippen molar-refractivity contribution < 1.29 is 14.4 Å². The lowest BCUT2D eigenvalue weighted by Gasteiger charge is -2.09. The normalized spacial score (nSPS) is 10.8. The zero-order valence-electron chi connectivity index (χ0n) is 16.3. The number of nitrogens with zero attached hydrogens (tertiary/aromatic N) is 3. The van der Waals surface area contributed by atoms with Crippen molar-refractivity contribution in [3.8, 4) is 22.9 Å². The molecular formula is C24H17N3O4. The van der Waals surface area contributed by atoms with Crippen molar-refractivity contribution in [2.24, 2.45) is 0 Å². The molecule has 4 aromatic rings. The molecule has 3 aromatic carbocycles. The maximum absolute atomic E-state index is 12.8. The zero-order valence-corrected chi connectivity index (χ0v) is 16.3. The summed E-state index contributed by atoms with van der Waals surface area (Å²) in [5.41, 5.74) is 1.47. The molecule has 0 bridgehead atoms. The molecule has 1 heterocycles. The van der Waals surface area contributed by atoms with Crippen molar-refractivity contribution in [2.75, 3.05) is 0 Å². The molecule has 0 radical (unpaired) electrons. The van der Waals surface area contributed by atoms with Crippen LogP contribution in [0, 0.1) is 15.3 Å². The number of nitro benzene ring substituents is 1. The van der Waals surface area contributed by atoms with Crippen molar-refractivity contribution in [1.29, 1.82) is 0 Å². The maximum Gasteiger partial charge on any atom is 0.333 e. The predicted octanol–water partition coefficient (Wildman–Crippen LogP) is 5.25. The van der Waals surface area contributed by atoms with Gasteiger partial charge in [-0.2, -0.15) is 0 Å². The second-order valence-corrected chi connectivity index (χ2v) is 6.62. The van der Waals surface area contributed by atoms with Gasteiger partial charge in [-0.15, -0.1) is 0 Å². The van der Waals surface area contributed by atoms with E-state index in [-0.39, 0.29) is 11.5 Å². The Balaban J connectivity index is 1.59. The quantitative estimate of drug-likeness (QED) is 0.187. The molecule has 7 nitrogen and oxygen atoms in total. The second kappa shape index (κ2) is 8.87. The Labute approximate surface area is 178 Å². The molecule has 0 spiro atoms. The third kappa shape index (κ3) is 4.73. The molecule has 0 amide bonds. The lowest BCUT2D eigenvalue weighted by molar-refractivity contribution is -0.598. The number of ether oxygens (including phenoxy) is 1. The van der Waals surface area contributed by atoms with E-state index in [1.54, 1.807) is 24.3 Å². The molecule has 1 aromatic heterocycles. The van der Waals surface area contributed by atoms with Crippen LogP contribution in [0.4, 0.5) is 5.69 Å². The highest BCUT2D eigenvalue weighted by Gasteiger charge is 2.16. The van der Waals surface area contributed by atoms with E-state index in [4.69, 9.17) is 4.74 Å². The fraction of sp³-hybridized carbons (Fsp3) is 0. The van der Waals surface area contributed by atoms with E-state index in [0.29, 0.717) is 21.7 Å². The summed E-state index contributed by atoms with van der Waals surface area (Å²) in [7, 11) is 0. The van der Waals surface area contributed by atoms with Crippen LogP contribution in [0.5, 0.6) is 11.5 Å². The molecule has 152 valence electrons. The van der Waals surface area contributed by atoms with Gasteiger partial charge in [0, 0.05) is 18.2 Å². The van der Waals surface area contributed by atoms with Crippen LogP contribution in [0.3, 0.4) is 0 Å². The van der Waals surface area contributed by atoms with Crippen LogP contribution >= 0.6 is 0 Å². The van der Waals surface area contributed by atoms with Crippen molar-refractivity contribution in [3.05, 3.63) is 118 Å². The molecule has 31 heavy (non-hydrogen) atoms. The third-order valence-electron chi connectivity index (χ3n) is 4.47. The number of hydrogen-bond donors (Lipinski definition) is 0. The number of rotatable bonds is 6. The van der Waals surface area contributed by atoms with Gasteiger partial charge in [-0.1, -0.05) is 42.5 Å². The summed E-state index contributed by atoms with van der Waals surface area (Å²) >= 11 is 0. The van der Waals surface area contributed by atoms with Gasteiger partial charge in [0.25, 0.3) is 5.69 Å². The highest BCUT2D eigenvalue weighted by Crippen LogP contribution is 2.23. The van der Waals surface area contributed by atoms with Crippen LogP contribution in [-0.4, -0.2) is 9.91 Å². The van der Waals surface area contributed by atoms with Crippen molar-refractivity contribution in [3.63, 3.8) is 0 Å². The average molecular weight is 411 g/mol. The molecule has 0 unspecified atom stereocenters. The van der Waals surface area contributed by atoms with Gasteiger partial charge < -0.3 is 9.94 Å². The van der Waals surface area contributed by atoms with Crippen LogP contribution in [-0.2, 0) is 0 Å². The summed E-state index contributed by atoms with van der Waals surface area (Å²) < 4.78 is 6.49. The molecule has 0 atom stereocenters. The van der Waals surface area contributed by atoms with E-state index in [1.165, 1.54) is 24.4 Å². The van der Waals surface area contributed by atoms with Crippen LogP contribution in [0.15, 0.2) is 91.1 Å². The summed E-state index contributed by atoms with van der Waals surface area (Å²) in [6, 6.07) is 24.3. The fourth-order valence-corrected chi connectivity index (χ4v) is 2.99. The van der Waals surface area contributed by atoms with E-state index in [9.17, 15) is 15.3 Å². The largest absolute Gasteiger partial charge is 0.710 e. The smallest absolute Gasteiger partial charge is 0.333 e. The van der Waals surface area contributed by atoms with E-state index < -0.39 is 4.92 Å². The summed E-state index contributed by atoms with van der Waals surface area (Å²) in [5, 5.41) is 23.8. The van der Waals surface area contributed by atoms with E-state index in [0.717, 1.165) is 11.3 Å². The Morgan fingerprint density at radius 3 is 2.45 bits per heavy atom. The minimum absolute atomic E-state index is 0.0898. The molecule has 0 aliphatic heterocycles. The Morgan fingerprint density at radius 2 is 1.65 bits per heavy atom. The average Bonchev–Trinajstić information content (AvgIpc) is 2.79. The highest BCUT2D eigenvalue weighted by atomic mass is 16.6. The maximum atomic E-state index is 12.8. The van der Waals surface area contributed by atoms with Crippen LogP contribution in [0.1, 0.15) is 11.3 Å². The van der Waals surface area contributed by atoms with Gasteiger partial charge >= 0.3 is 5.82 Å². The first-order chi connectivity index (χ1) is 15.1. The monoisotopic (exact) mass is 411 g/mol. The molecule has 0 saturated heterocycles. The number of non-ortho nitro benzene ring substituents is 1. The molecule has 7 heteroatoms. The summed E-state index contributed by atoms with van der Waals surface area (Å²) in [6.07, 6.45) is 4.95. The molecule has 0 saturated carbocycles.